The van der Waals surface area contributed by atoms with Gasteiger partial charge in [-0.15, -0.1) is 0 Å². The molecule has 0 bridgehead atoms. The smallest absolute Gasteiger partial charge is 0.127 e. The third-order valence-corrected chi connectivity index (χ3v) is 4.37. The third kappa shape index (κ3) is 4.18. The highest BCUT2D eigenvalue weighted by molar-refractivity contribution is 5.58. The Balaban J connectivity index is 0.00000102. The Bertz CT molecular complexity index is 477. The highest BCUT2D eigenvalue weighted by atomic mass is 16.5. The van der Waals surface area contributed by atoms with Gasteiger partial charge in [-0.1, -0.05) is 41.0 Å². The van der Waals surface area contributed by atoms with E-state index < -0.39 is 0 Å². The van der Waals surface area contributed by atoms with Gasteiger partial charge in [0.1, 0.15) is 17.1 Å². The summed E-state index contributed by atoms with van der Waals surface area (Å²) in [7, 11) is 0. The molecule has 0 aliphatic carbocycles. The normalized spacial score (nSPS) is 19.0. The summed E-state index contributed by atoms with van der Waals surface area (Å²) in [6.07, 6.45) is 4.27. The molecule has 2 rings (SSSR count). The zero-order valence-electron chi connectivity index (χ0n) is 16.2. The first-order chi connectivity index (χ1) is 10.4. The molecule has 0 saturated carbocycles. The van der Waals surface area contributed by atoms with E-state index in [1.807, 2.05) is 48.5 Å². The lowest BCUT2D eigenvalue weighted by molar-refractivity contribution is 0.0542. The predicted molar refractivity (Wildman–Crippen MR) is 97.3 cm³/mol. The van der Waals surface area contributed by atoms with Gasteiger partial charge in [0.15, 0.2) is 0 Å². The Morgan fingerprint density at radius 2 is 1.55 bits per heavy atom. The van der Waals surface area contributed by atoms with Crippen molar-refractivity contribution in [3.05, 3.63) is 22.3 Å². The summed E-state index contributed by atoms with van der Waals surface area (Å²) >= 11 is 0. The summed E-state index contributed by atoms with van der Waals surface area (Å²) in [5.41, 5.74) is 4.19. The van der Waals surface area contributed by atoms with Crippen LogP contribution in [-0.4, -0.2) is 10.7 Å². The number of aromatic hydroxyl groups is 1. The molecule has 22 heavy (non-hydrogen) atoms. The van der Waals surface area contributed by atoms with Gasteiger partial charge in [-0.25, -0.2) is 0 Å². The minimum absolute atomic E-state index is 0.0393. The summed E-state index contributed by atoms with van der Waals surface area (Å²) in [6.45, 7) is 18.4. The molecule has 0 spiro atoms. The van der Waals surface area contributed by atoms with Crippen molar-refractivity contribution in [2.45, 2.75) is 93.6 Å². The first kappa shape index (κ1) is 20.8. The first-order valence-corrected chi connectivity index (χ1v) is 8.90. The number of fused-ring (bicyclic) bond motifs is 1. The van der Waals surface area contributed by atoms with Gasteiger partial charge in [0.2, 0.25) is 0 Å². The van der Waals surface area contributed by atoms with Gasteiger partial charge in [0, 0.05) is 5.56 Å². The highest BCUT2D eigenvalue weighted by Gasteiger charge is 2.33. The second kappa shape index (κ2) is 9.07. The molecule has 0 fully saturated rings. The number of phenolic OH excluding ortho intramolecular Hbond substituents is 1. The molecule has 2 heteroatoms. The van der Waals surface area contributed by atoms with E-state index in [0.717, 1.165) is 48.1 Å². The quantitative estimate of drug-likeness (QED) is 0.699. The molecule has 1 aliphatic rings. The molecule has 0 aromatic heterocycles. The van der Waals surface area contributed by atoms with E-state index in [4.69, 9.17) is 4.74 Å². The second-order valence-electron chi connectivity index (χ2n) is 5.83. The molecule has 1 aromatic rings. The van der Waals surface area contributed by atoms with Crippen molar-refractivity contribution in [1.29, 1.82) is 0 Å². The molecule has 0 amide bonds. The van der Waals surface area contributed by atoms with Crippen LogP contribution in [0.3, 0.4) is 0 Å². The average Bonchev–Trinajstić information content (AvgIpc) is 2.54. The lowest BCUT2D eigenvalue weighted by atomic mass is 9.85. The Morgan fingerprint density at radius 3 is 2.05 bits per heavy atom. The van der Waals surface area contributed by atoms with Crippen molar-refractivity contribution in [2.75, 3.05) is 0 Å². The molecular weight excluding hydrogens is 272 g/mol. The van der Waals surface area contributed by atoms with E-state index in [-0.39, 0.29) is 5.60 Å². The van der Waals surface area contributed by atoms with Crippen molar-refractivity contribution in [1.82, 2.24) is 0 Å². The van der Waals surface area contributed by atoms with Crippen LogP contribution in [0.4, 0.5) is 0 Å². The molecule has 1 atom stereocenters. The number of hydrogen-bond acceptors (Lipinski definition) is 2. The largest absolute Gasteiger partial charge is 0.507 e. The minimum atomic E-state index is -0.0393. The van der Waals surface area contributed by atoms with Crippen LogP contribution in [0.25, 0.3) is 0 Å². The minimum Gasteiger partial charge on any atom is -0.507 e. The molecule has 1 heterocycles. The lowest BCUT2D eigenvalue weighted by Crippen LogP contribution is -2.36. The molecular formula is C20H36O2. The van der Waals surface area contributed by atoms with E-state index in [9.17, 15) is 5.11 Å². The Hall–Kier alpha value is -1.18. The first-order valence-electron chi connectivity index (χ1n) is 8.90. The van der Waals surface area contributed by atoms with E-state index in [1.54, 1.807) is 0 Å². The van der Waals surface area contributed by atoms with Crippen molar-refractivity contribution in [2.24, 2.45) is 0 Å². The Kier molecular flexibility index (Phi) is 8.58. The van der Waals surface area contributed by atoms with Crippen molar-refractivity contribution in [3.63, 3.8) is 0 Å². The molecule has 0 unspecified atom stereocenters. The average molecular weight is 309 g/mol. The van der Waals surface area contributed by atoms with Crippen LogP contribution in [0, 0.1) is 20.8 Å². The van der Waals surface area contributed by atoms with E-state index in [0.29, 0.717) is 5.75 Å². The van der Waals surface area contributed by atoms with Gasteiger partial charge < -0.3 is 9.84 Å². The maximum absolute atomic E-state index is 10.1. The van der Waals surface area contributed by atoms with Crippen LogP contribution in [0.2, 0.25) is 0 Å². The van der Waals surface area contributed by atoms with Gasteiger partial charge >= 0.3 is 0 Å². The summed E-state index contributed by atoms with van der Waals surface area (Å²) in [6, 6.07) is 0. The zero-order valence-corrected chi connectivity index (χ0v) is 16.2. The van der Waals surface area contributed by atoms with E-state index >= 15 is 0 Å². The van der Waals surface area contributed by atoms with Crippen molar-refractivity contribution in [3.8, 4) is 11.5 Å². The molecule has 0 saturated heterocycles. The van der Waals surface area contributed by atoms with Gasteiger partial charge in [0.25, 0.3) is 0 Å². The van der Waals surface area contributed by atoms with Crippen LogP contribution in [-0.2, 0) is 6.42 Å². The zero-order chi connectivity index (χ0) is 17.5. The van der Waals surface area contributed by atoms with Gasteiger partial charge in [-0.2, -0.15) is 0 Å². The fourth-order valence-corrected chi connectivity index (χ4v) is 3.00. The molecule has 1 aromatic carbocycles. The van der Waals surface area contributed by atoms with E-state index in [1.165, 1.54) is 5.56 Å². The topological polar surface area (TPSA) is 29.5 Å². The molecule has 128 valence electrons. The fourth-order valence-electron chi connectivity index (χ4n) is 3.00. The SMILES string of the molecule is CC.CC.CCC[C@]1(C)CCc2c(C)c(O)c(C)c(C)c2O1. The third-order valence-electron chi connectivity index (χ3n) is 4.37. The number of rotatable bonds is 2. The number of benzene rings is 1. The van der Waals surface area contributed by atoms with Crippen LogP contribution < -0.4 is 4.74 Å². The summed E-state index contributed by atoms with van der Waals surface area (Å²) in [4.78, 5) is 0. The van der Waals surface area contributed by atoms with Crippen LogP contribution in [0.5, 0.6) is 11.5 Å². The lowest BCUT2D eigenvalue weighted by Gasteiger charge is -2.38. The number of ether oxygens (including phenoxy) is 1. The van der Waals surface area contributed by atoms with Crippen LogP contribution >= 0.6 is 0 Å². The van der Waals surface area contributed by atoms with Crippen molar-refractivity contribution < 1.29 is 9.84 Å². The highest BCUT2D eigenvalue weighted by Crippen LogP contribution is 2.44. The van der Waals surface area contributed by atoms with Crippen LogP contribution in [0.15, 0.2) is 0 Å². The predicted octanol–water partition coefficient (Wildman–Crippen LogP) is 6.25. The summed E-state index contributed by atoms with van der Waals surface area (Å²) in [5.74, 6) is 1.46. The summed E-state index contributed by atoms with van der Waals surface area (Å²) in [5, 5.41) is 10.1. The Labute approximate surface area is 137 Å². The molecule has 1 aliphatic heterocycles. The van der Waals surface area contributed by atoms with E-state index in [2.05, 4.69) is 13.8 Å². The maximum atomic E-state index is 10.1. The molecule has 1 N–H and O–H groups in total. The van der Waals surface area contributed by atoms with Gasteiger partial charge in [-0.3, -0.25) is 0 Å². The summed E-state index contributed by atoms with van der Waals surface area (Å²) < 4.78 is 6.30. The monoisotopic (exact) mass is 308 g/mol. The maximum Gasteiger partial charge on any atom is 0.127 e. The second-order valence-corrected chi connectivity index (χ2v) is 5.83. The standard InChI is InChI=1S/C16H24O2.2C2H6/c1-6-8-16(5)9-7-13-12(4)14(17)10(2)11(3)15(13)18-16;2*1-2/h17H,6-9H2,1-5H3;2*1-2H3/t16-;;/m1../s1. The van der Waals surface area contributed by atoms with Gasteiger partial charge in [0.05, 0.1) is 0 Å². The number of hydrogen-bond donors (Lipinski definition) is 1. The van der Waals surface area contributed by atoms with Crippen LogP contribution in [0.1, 0.15) is 83.1 Å². The Morgan fingerprint density at radius 1 is 1.00 bits per heavy atom. The molecule has 0 radical (unpaired) electrons. The van der Waals surface area contributed by atoms with Gasteiger partial charge in [-0.05, 0) is 63.6 Å². The fraction of sp³-hybridized carbons (Fsp3) is 0.700. The number of phenols is 1. The molecule has 2 nitrogen and oxygen atoms in total. The van der Waals surface area contributed by atoms with Crippen molar-refractivity contribution >= 4 is 0 Å².